The van der Waals surface area contributed by atoms with E-state index in [1.54, 1.807) is 0 Å². The van der Waals surface area contributed by atoms with Gasteiger partial charge in [-0.2, -0.15) is 0 Å². The number of carbonyl (C=O) groups excluding carboxylic acids is 2. The highest BCUT2D eigenvalue weighted by Gasteiger charge is 2.25. The van der Waals surface area contributed by atoms with Crippen LogP contribution in [0.3, 0.4) is 0 Å². The highest BCUT2D eigenvalue weighted by Crippen LogP contribution is 2.43. The summed E-state index contributed by atoms with van der Waals surface area (Å²) in [6, 6.07) is 0. The van der Waals surface area contributed by atoms with Crippen molar-refractivity contribution in [1.29, 1.82) is 0 Å². The van der Waals surface area contributed by atoms with Crippen LogP contribution in [0.5, 0.6) is 0 Å². The van der Waals surface area contributed by atoms with Crippen molar-refractivity contribution in [1.82, 2.24) is 0 Å². The molecule has 3 N–H and O–H groups in total. The molecular formula is C38H70NO8P. The number of phosphoric acid groups is 1. The van der Waals surface area contributed by atoms with Gasteiger partial charge in [-0.1, -0.05) is 134 Å². The van der Waals surface area contributed by atoms with Gasteiger partial charge in [0.05, 0.1) is 13.2 Å². The topological polar surface area (TPSA) is 134 Å². The van der Waals surface area contributed by atoms with Gasteiger partial charge in [0, 0.05) is 19.4 Å². The zero-order chi connectivity index (χ0) is 35.4. The van der Waals surface area contributed by atoms with E-state index in [1.807, 2.05) is 0 Å². The van der Waals surface area contributed by atoms with Crippen molar-refractivity contribution in [2.45, 2.75) is 168 Å². The maximum atomic E-state index is 12.5. The van der Waals surface area contributed by atoms with Gasteiger partial charge >= 0.3 is 19.8 Å². The van der Waals surface area contributed by atoms with Crippen molar-refractivity contribution in [3.8, 4) is 0 Å². The molecule has 0 aliphatic rings. The summed E-state index contributed by atoms with van der Waals surface area (Å²) in [5, 5.41) is 0. The highest BCUT2D eigenvalue weighted by molar-refractivity contribution is 7.47. The summed E-state index contributed by atoms with van der Waals surface area (Å²) in [5.74, 6) is -0.855. The third kappa shape index (κ3) is 34.1. The first-order valence-corrected chi connectivity index (χ1v) is 20.5. The van der Waals surface area contributed by atoms with Gasteiger partial charge in [-0.15, -0.1) is 0 Å². The molecule has 0 bridgehead atoms. The standard InChI is InChI=1S/C38H70NO8P/c1-3-5-7-9-11-12-13-14-15-16-17-18-19-20-21-22-23-24-25-27-29-31-38(41)47-36(35-46-48(42,43)45-33-32-39)34-44-37(40)30-28-26-10-8-6-4-2/h13-14,16-17,19-20,36H,3-12,15,18,21-35,39H2,1-2H3,(H,42,43)/b14-13-,17-16-,20-19-. The first-order valence-electron chi connectivity index (χ1n) is 19.0. The highest BCUT2D eigenvalue weighted by atomic mass is 31.2. The van der Waals surface area contributed by atoms with Gasteiger partial charge in [0.2, 0.25) is 0 Å². The van der Waals surface area contributed by atoms with Gasteiger partial charge in [-0.25, -0.2) is 4.57 Å². The van der Waals surface area contributed by atoms with E-state index in [9.17, 15) is 19.0 Å². The fourth-order valence-electron chi connectivity index (χ4n) is 4.93. The Bertz CT molecular complexity index is 892. The largest absolute Gasteiger partial charge is 0.472 e. The number of hydrogen-bond donors (Lipinski definition) is 2. The monoisotopic (exact) mass is 699 g/mol. The molecule has 0 spiro atoms. The van der Waals surface area contributed by atoms with Gasteiger partial charge in [-0.05, 0) is 51.4 Å². The second-order valence-corrected chi connectivity index (χ2v) is 13.9. The molecule has 0 saturated carbocycles. The summed E-state index contributed by atoms with van der Waals surface area (Å²) in [5.41, 5.74) is 5.31. The molecule has 10 heteroatoms. The number of nitrogens with two attached hydrogens (primary N) is 1. The van der Waals surface area contributed by atoms with Crippen LogP contribution in [0.1, 0.15) is 162 Å². The molecule has 0 heterocycles. The normalized spacial score (nSPS) is 13.8. The quantitative estimate of drug-likeness (QED) is 0.0287. The van der Waals surface area contributed by atoms with Gasteiger partial charge < -0.3 is 20.1 Å². The van der Waals surface area contributed by atoms with Gasteiger partial charge in [0.25, 0.3) is 0 Å². The van der Waals surface area contributed by atoms with Crippen LogP contribution in [0.25, 0.3) is 0 Å². The molecule has 280 valence electrons. The summed E-state index contributed by atoms with van der Waals surface area (Å²) in [6.45, 7) is 3.62. The number of ether oxygens (including phenoxy) is 2. The van der Waals surface area contributed by atoms with E-state index in [0.717, 1.165) is 83.5 Å². The molecule has 9 nitrogen and oxygen atoms in total. The summed E-state index contributed by atoms with van der Waals surface area (Å²) < 4.78 is 32.5. The van der Waals surface area contributed by atoms with E-state index in [0.29, 0.717) is 6.42 Å². The molecular weight excluding hydrogens is 629 g/mol. The van der Waals surface area contributed by atoms with Crippen LogP contribution in [0.4, 0.5) is 0 Å². The van der Waals surface area contributed by atoms with Crippen LogP contribution in [0.15, 0.2) is 36.5 Å². The Balaban J connectivity index is 4.12. The molecule has 0 radical (unpaired) electrons. The van der Waals surface area contributed by atoms with E-state index < -0.39 is 32.5 Å². The van der Waals surface area contributed by atoms with Crippen LogP contribution in [-0.2, 0) is 32.7 Å². The molecule has 0 saturated heterocycles. The lowest BCUT2D eigenvalue weighted by atomic mass is 10.1. The van der Waals surface area contributed by atoms with Gasteiger partial charge in [-0.3, -0.25) is 18.6 Å². The van der Waals surface area contributed by atoms with Crippen LogP contribution < -0.4 is 5.73 Å². The molecule has 48 heavy (non-hydrogen) atoms. The van der Waals surface area contributed by atoms with E-state index in [1.165, 1.54) is 44.9 Å². The number of allylic oxidation sites excluding steroid dienone is 6. The Labute approximate surface area is 293 Å². The smallest absolute Gasteiger partial charge is 0.462 e. The molecule has 2 atom stereocenters. The lowest BCUT2D eigenvalue weighted by molar-refractivity contribution is -0.161. The molecule has 0 aromatic carbocycles. The molecule has 2 unspecified atom stereocenters. The maximum absolute atomic E-state index is 12.5. The first kappa shape index (κ1) is 46.2. The zero-order valence-corrected chi connectivity index (χ0v) is 31.4. The molecule has 0 aromatic heterocycles. The number of unbranched alkanes of at least 4 members (excludes halogenated alkanes) is 16. The minimum atomic E-state index is -4.37. The Morgan fingerprint density at radius 1 is 0.625 bits per heavy atom. The predicted molar refractivity (Wildman–Crippen MR) is 197 cm³/mol. The first-order chi connectivity index (χ1) is 23.3. The minimum Gasteiger partial charge on any atom is -0.462 e. The summed E-state index contributed by atoms with van der Waals surface area (Å²) in [7, 11) is -4.37. The fourth-order valence-corrected chi connectivity index (χ4v) is 5.70. The Morgan fingerprint density at radius 2 is 1.08 bits per heavy atom. The maximum Gasteiger partial charge on any atom is 0.472 e. The third-order valence-corrected chi connectivity index (χ3v) is 8.76. The van der Waals surface area contributed by atoms with E-state index in [-0.39, 0.29) is 32.6 Å². The van der Waals surface area contributed by atoms with Crippen molar-refractivity contribution >= 4 is 19.8 Å². The zero-order valence-electron chi connectivity index (χ0n) is 30.5. The fraction of sp³-hybridized carbons (Fsp3) is 0.789. The second-order valence-electron chi connectivity index (χ2n) is 12.4. The molecule has 0 amide bonds. The van der Waals surface area contributed by atoms with Crippen molar-refractivity contribution in [3.05, 3.63) is 36.5 Å². The Hall–Kier alpha value is -1.77. The van der Waals surface area contributed by atoms with E-state index in [2.05, 4.69) is 50.3 Å². The molecule has 0 fully saturated rings. The average Bonchev–Trinajstić information content (AvgIpc) is 3.07. The summed E-state index contributed by atoms with van der Waals surface area (Å²) in [6.07, 6.45) is 36.3. The van der Waals surface area contributed by atoms with E-state index >= 15 is 0 Å². The average molecular weight is 700 g/mol. The van der Waals surface area contributed by atoms with Crippen LogP contribution in [0, 0.1) is 0 Å². The predicted octanol–water partition coefficient (Wildman–Crippen LogP) is 10.2. The van der Waals surface area contributed by atoms with E-state index in [4.69, 9.17) is 24.3 Å². The number of hydrogen-bond acceptors (Lipinski definition) is 8. The number of rotatable bonds is 35. The second kappa shape index (κ2) is 35.1. The van der Waals surface area contributed by atoms with Gasteiger partial charge in [0.1, 0.15) is 6.61 Å². The minimum absolute atomic E-state index is 0.0507. The van der Waals surface area contributed by atoms with Crippen LogP contribution >= 0.6 is 7.82 Å². The lowest BCUT2D eigenvalue weighted by Gasteiger charge is -2.19. The van der Waals surface area contributed by atoms with Crippen LogP contribution in [0.2, 0.25) is 0 Å². The molecule has 0 rings (SSSR count). The molecule has 0 aliphatic carbocycles. The van der Waals surface area contributed by atoms with Crippen molar-refractivity contribution in [2.24, 2.45) is 5.73 Å². The Kier molecular flexibility index (Phi) is 33.8. The Morgan fingerprint density at radius 3 is 1.60 bits per heavy atom. The van der Waals surface area contributed by atoms with Crippen molar-refractivity contribution in [3.63, 3.8) is 0 Å². The third-order valence-electron chi connectivity index (χ3n) is 7.78. The molecule has 0 aromatic rings. The number of carbonyl (C=O) groups is 2. The molecule has 0 aliphatic heterocycles. The summed E-state index contributed by atoms with van der Waals surface area (Å²) >= 11 is 0. The number of esters is 2. The lowest BCUT2D eigenvalue weighted by Crippen LogP contribution is -2.29. The van der Waals surface area contributed by atoms with Crippen molar-refractivity contribution in [2.75, 3.05) is 26.4 Å². The van der Waals surface area contributed by atoms with Gasteiger partial charge in [0.15, 0.2) is 6.10 Å². The van der Waals surface area contributed by atoms with Crippen LogP contribution in [-0.4, -0.2) is 49.3 Å². The summed E-state index contributed by atoms with van der Waals surface area (Å²) in [4.78, 5) is 34.5. The van der Waals surface area contributed by atoms with Crippen molar-refractivity contribution < 1.29 is 37.6 Å². The number of phosphoric ester groups is 1. The SMILES string of the molecule is CCCCCCC/C=C\C/C=C\C/C=C\CCCCCCCCC(=O)OC(COC(=O)CCCCCCCC)COP(=O)(O)OCCN.